The summed E-state index contributed by atoms with van der Waals surface area (Å²) in [7, 11) is 1.57. The highest BCUT2D eigenvalue weighted by atomic mass is 16.5. The Labute approximate surface area is 172 Å². The molecule has 0 bridgehead atoms. The van der Waals surface area contributed by atoms with Crippen LogP contribution >= 0.6 is 0 Å². The fraction of sp³-hybridized carbons (Fsp3) is 0.545. The maximum atomic E-state index is 13.2. The number of likely N-dealkylation sites (tertiary alicyclic amines) is 1. The Morgan fingerprint density at radius 3 is 2.52 bits per heavy atom. The van der Waals surface area contributed by atoms with Crippen LogP contribution < -0.4 is 20.3 Å². The first-order valence-electron chi connectivity index (χ1n) is 10.5. The summed E-state index contributed by atoms with van der Waals surface area (Å²) < 4.78 is 5.45. The van der Waals surface area contributed by atoms with Crippen molar-refractivity contribution in [2.24, 2.45) is 5.41 Å². The number of carbonyl (C=O) groups is 2. The number of nitrogens with one attached hydrogen (secondary N) is 2. The lowest BCUT2D eigenvalue weighted by atomic mass is 9.71. The standard InChI is InChI=1S/C22H30N4O3/c1-16-5-12-26(21(28)24-16)18-15-17(3-4-19(18)29-2)20(27)25-13-8-22(9-14-25)6-10-23-11-7-22/h3-4,15,23H,1,5-14H2,2H3,(H,24,28). The van der Waals surface area contributed by atoms with Gasteiger partial charge in [-0.2, -0.15) is 0 Å². The van der Waals surface area contributed by atoms with Gasteiger partial charge in [-0.25, -0.2) is 4.79 Å². The Bertz CT molecular complexity index is 806. The Morgan fingerprint density at radius 1 is 1.14 bits per heavy atom. The van der Waals surface area contributed by atoms with Crippen LogP contribution in [0.4, 0.5) is 10.5 Å². The minimum Gasteiger partial charge on any atom is -0.495 e. The molecule has 3 aliphatic heterocycles. The summed E-state index contributed by atoms with van der Waals surface area (Å²) in [4.78, 5) is 29.2. The van der Waals surface area contributed by atoms with E-state index in [0.29, 0.717) is 41.1 Å². The highest BCUT2D eigenvalue weighted by Gasteiger charge is 2.37. The van der Waals surface area contributed by atoms with Gasteiger partial charge in [0.15, 0.2) is 0 Å². The second-order valence-electron chi connectivity index (χ2n) is 8.36. The van der Waals surface area contributed by atoms with Gasteiger partial charge in [0.05, 0.1) is 12.8 Å². The third kappa shape index (κ3) is 3.96. The van der Waals surface area contributed by atoms with E-state index in [1.54, 1.807) is 30.2 Å². The topological polar surface area (TPSA) is 73.9 Å². The van der Waals surface area contributed by atoms with Gasteiger partial charge in [0, 0.05) is 37.3 Å². The number of benzene rings is 1. The number of hydrogen-bond acceptors (Lipinski definition) is 4. The third-order valence-corrected chi connectivity index (χ3v) is 6.66. The van der Waals surface area contributed by atoms with Gasteiger partial charge in [-0.15, -0.1) is 0 Å². The van der Waals surface area contributed by atoms with Gasteiger partial charge in [-0.1, -0.05) is 6.58 Å². The van der Waals surface area contributed by atoms with Gasteiger partial charge in [0.2, 0.25) is 0 Å². The highest BCUT2D eigenvalue weighted by Crippen LogP contribution is 2.40. The number of rotatable bonds is 3. The van der Waals surface area contributed by atoms with E-state index in [1.165, 1.54) is 12.8 Å². The van der Waals surface area contributed by atoms with E-state index in [4.69, 9.17) is 4.74 Å². The molecule has 7 nitrogen and oxygen atoms in total. The number of hydrogen-bond donors (Lipinski definition) is 2. The maximum absolute atomic E-state index is 13.2. The Hall–Kier alpha value is -2.54. The molecule has 156 valence electrons. The molecular weight excluding hydrogens is 368 g/mol. The molecule has 0 unspecified atom stereocenters. The minimum absolute atomic E-state index is 0.0273. The van der Waals surface area contributed by atoms with Crippen molar-refractivity contribution < 1.29 is 14.3 Å². The molecule has 0 aromatic heterocycles. The number of amides is 3. The molecule has 3 aliphatic rings. The number of methoxy groups -OCH3 is 1. The Kier molecular flexibility index (Phi) is 5.50. The molecule has 1 aromatic carbocycles. The monoisotopic (exact) mass is 398 g/mol. The van der Waals surface area contributed by atoms with Crippen molar-refractivity contribution in [1.29, 1.82) is 0 Å². The Balaban J connectivity index is 1.50. The van der Waals surface area contributed by atoms with E-state index in [-0.39, 0.29) is 11.9 Å². The first-order valence-corrected chi connectivity index (χ1v) is 10.5. The van der Waals surface area contributed by atoms with E-state index < -0.39 is 0 Å². The van der Waals surface area contributed by atoms with Crippen LogP contribution in [0.1, 0.15) is 42.5 Å². The van der Waals surface area contributed by atoms with Crippen LogP contribution in [0.3, 0.4) is 0 Å². The van der Waals surface area contributed by atoms with Crippen molar-refractivity contribution in [3.8, 4) is 5.75 Å². The normalized spacial score (nSPS) is 21.8. The smallest absolute Gasteiger partial charge is 0.326 e. The first-order chi connectivity index (χ1) is 14.0. The lowest BCUT2D eigenvalue weighted by molar-refractivity contribution is 0.0495. The molecule has 3 saturated heterocycles. The number of anilines is 1. The summed E-state index contributed by atoms with van der Waals surface area (Å²) in [5.74, 6) is 0.607. The van der Waals surface area contributed by atoms with Crippen molar-refractivity contribution >= 4 is 17.6 Å². The van der Waals surface area contributed by atoms with Gasteiger partial charge in [0.1, 0.15) is 5.75 Å². The van der Waals surface area contributed by atoms with Gasteiger partial charge >= 0.3 is 6.03 Å². The minimum atomic E-state index is -0.241. The fourth-order valence-electron chi connectivity index (χ4n) is 4.72. The van der Waals surface area contributed by atoms with E-state index in [2.05, 4.69) is 17.2 Å². The van der Waals surface area contributed by atoms with Crippen LogP contribution in [-0.2, 0) is 0 Å². The molecule has 0 saturated carbocycles. The summed E-state index contributed by atoms with van der Waals surface area (Å²) in [6.45, 7) is 8.10. The van der Waals surface area contributed by atoms with Crippen LogP contribution in [0, 0.1) is 5.41 Å². The van der Waals surface area contributed by atoms with Crippen molar-refractivity contribution in [1.82, 2.24) is 15.5 Å². The summed E-state index contributed by atoms with van der Waals surface area (Å²) >= 11 is 0. The van der Waals surface area contributed by atoms with E-state index in [0.717, 1.165) is 39.0 Å². The zero-order valence-corrected chi connectivity index (χ0v) is 17.1. The number of urea groups is 1. The molecule has 0 radical (unpaired) electrons. The quantitative estimate of drug-likeness (QED) is 0.821. The summed E-state index contributed by atoms with van der Waals surface area (Å²) in [6.07, 6.45) is 5.21. The lowest BCUT2D eigenvalue weighted by Gasteiger charge is -2.44. The van der Waals surface area contributed by atoms with Crippen LogP contribution in [0.25, 0.3) is 0 Å². The van der Waals surface area contributed by atoms with Crippen LogP contribution in [0.5, 0.6) is 5.75 Å². The van der Waals surface area contributed by atoms with Crippen molar-refractivity contribution in [3.05, 3.63) is 36.0 Å². The SMILES string of the molecule is C=C1CCN(c2cc(C(=O)N3CCC4(CCNCC4)CC3)ccc2OC)C(=O)N1. The number of carbonyl (C=O) groups excluding carboxylic acids is 2. The van der Waals surface area contributed by atoms with Crippen LogP contribution in [-0.4, -0.2) is 56.7 Å². The lowest BCUT2D eigenvalue weighted by Crippen LogP contribution is -2.47. The zero-order valence-electron chi connectivity index (χ0n) is 17.1. The largest absolute Gasteiger partial charge is 0.495 e. The maximum Gasteiger partial charge on any atom is 0.326 e. The first kappa shape index (κ1) is 19.8. The molecule has 1 aromatic rings. The molecular formula is C22H30N4O3. The number of piperidine rings is 2. The molecule has 3 heterocycles. The predicted molar refractivity (Wildman–Crippen MR) is 112 cm³/mol. The fourth-order valence-corrected chi connectivity index (χ4v) is 4.72. The second kappa shape index (κ2) is 8.06. The van der Waals surface area contributed by atoms with Crippen molar-refractivity contribution in [2.45, 2.75) is 32.1 Å². The molecule has 0 aliphatic carbocycles. The Morgan fingerprint density at radius 2 is 1.86 bits per heavy atom. The van der Waals surface area contributed by atoms with Gasteiger partial charge < -0.3 is 20.3 Å². The summed E-state index contributed by atoms with van der Waals surface area (Å²) in [5.41, 5.74) is 2.33. The molecule has 4 rings (SSSR count). The third-order valence-electron chi connectivity index (χ3n) is 6.66. The average molecular weight is 399 g/mol. The molecule has 3 fully saturated rings. The number of nitrogens with zero attached hydrogens (tertiary/aromatic N) is 2. The molecule has 29 heavy (non-hydrogen) atoms. The van der Waals surface area contributed by atoms with Crippen molar-refractivity contribution in [3.63, 3.8) is 0 Å². The second-order valence-corrected chi connectivity index (χ2v) is 8.36. The highest BCUT2D eigenvalue weighted by molar-refractivity contribution is 5.99. The van der Waals surface area contributed by atoms with Crippen molar-refractivity contribution in [2.75, 3.05) is 44.7 Å². The summed E-state index contributed by atoms with van der Waals surface area (Å²) in [5, 5.41) is 6.20. The molecule has 7 heteroatoms. The van der Waals surface area contributed by atoms with Crippen LogP contribution in [0.15, 0.2) is 30.5 Å². The van der Waals surface area contributed by atoms with E-state index in [9.17, 15) is 9.59 Å². The molecule has 1 spiro atoms. The average Bonchev–Trinajstić information content (AvgIpc) is 2.74. The number of ether oxygens (including phenoxy) is 1. The van der Waals surface area contributed by atoms with Gasteiger partial charge in [-0.05, 0) is 62.4 Å². The van der Waals surface area contributed by atoms with E-state index >= 15 is 0 Å². The molecule has 0 atom stereocenters. The summed E-state index contributed by atoms with van der Waals surface area (Å²) in [6, 6.07) is 5.11. The predicted octanol–water partition coefficient (Wildman–Crippen LogP) is 2.73. The molecule has 3 amide bonds. The molecule has 2 N–H and O–H groups in total. The van der Waals surface area contributed by atoms with Gasteiger partial charge in [-0.3, -0.25) is 9.69 Å². The van der Waals surface area contributed by atoms with Gasteiger partial charge in [0.25, 0.3) is 5.91 Å². The van der Waals surface area contributed by atoms with E-state index in [1.807, 2.05) is 4.90 Å². The van der Waals surface area contributed by atoms with Crippen LogP contribution in [0.2, 0.25) is 0 Å². The zero-order chi connectivity index (χ0) is 20.4.